The van der Waals surface area contributed by atoms with Crippen LogP contribution < -0.4 is 5.32 Å². The smallest absolute Gasteiger partial charge is 0.320 e. The van der Waals surface area contributed by atoms with Crippen molar-refractivity contribution in [2.75, 3.05) is 33.2 Å². The van der Waals surface area contributed by atoms with Crippen LogP contribution in [0.2, 0.25) is 0 Å². The Morgan fingerprint density at radius 3 is 2.77 bits per heavy atom. The second kappa shape index (κ2) is 9.57. The van der Waals surface area contributed by atoms with E-state index in [0.717, 1.165) is 77.0 Å². The molecular weight excluding hydrogens is 493 g/mol. The number of H-pyrrole nitrogens is 1. The summed E-state index contributed by atoms with van der Waals surface area (Å²) in [5, 5.41) is 4.11. The highest BCUT2D eigenvalue weighted by molar-refractivity contribution is 6.01. The first-order chi connectivity index (χ1) is 19.1. The van der Waals surface area contributed by atoms with Crippen molar-refractivity contribution < 1.29 is 9.18 Å². The molecule has 0 bridgehead atoms. The molecule has 8 nitrogen and oxygen atoms in total. The molecule has 0 atom stereocenters. The molecule has 0 unspecified atom stereocenters. The normalized spacial score (nSPS) is 16.4. The molecule has 5 aromatic rings. The van der Waals surface area contributed by atoms with Crippen LogP contribution in [0.15, 0.2) is 61.3 Å². The molecule has 1 saturated heterocycles. The number of hydrogen-bond donors (Lipinski definition) is 2. The molecule has 4 aromatic heterocycles. The third kappa shape index (κ3) is 4.08. The van der Waals surface area contributed by atoms with Crippen molar-refractivity contribution in [3.63, 3.8) is 0 Å². The van der Waals surface area contributed by atoms with Crippen LogP contribution in [0.5, 0.6) is 0 Å². The Labute approximate surface area is 226 Å². The van der Waals surface area contributed by atoms with E-state index >= 15 is 4.39 Å². The number of rotatable bonds is 4. The minimum Gasteiger partial charge on any atom is -0.366 e. The molecule has 1 aromatic carbocycles. The minimum absolute atomic E-state index is 0.0572. The number of urea groups is 1. The van der Waals surface area contributed by atoms with Crippen molar-refractivity contribution in [2.45, 2.75) is 25.9 Å². The summed E-state index contributed by atoms with van der Waals surface area (Å²) < 4.78 is 19.4. The van der Waals surface area contributed by atoms with E-state index in [-0.39, 0.29) is 11.8 Å². The van der Waals surface area contributed by atoms with Crippen molar-refractivity contribution in [1.82, 2.24) is 34.1 Å². The van der Waals surface area contributed by atoms with E-state index in [1.807, 2.05) is 59.8 Å². The number of aromatic nitrogens is 4. The number of piperidine rings is 1. The number of nitrogens with one attached hydrogen (secondary N) is 2. The highest BCUT2D eigenvalue weighted by Crippen LogP contribution is 2.40. The molecule has 0 aliphatic carbocycles. The van der Waals surface area contributed by atoms with Crippen LogP contribution in [0.3, 0.4) is 0 Å². The van der Waals surface area contributed by atoms with Gasteiger partial charge in [-0.2, -0.15) is 0 Å². The molecule has 2 N–H and O–H groups in total. The van der Waals surface area contributed by atoms with Crippen molar-refractivity contribution in [3.05, 3.63) is 72.7 Å². The molecule has 6 heterocycles. The van der Waals surface area contributed by atoms with Crippen molar-refractivity contribution in [3.8, 4) is 22.4 Å². The minimum atomic E-state index is -0.287. The summed E-state index contributed by atoms with van der Waals surface area (Å²) >= 11 is 0. The molecule has 9 heteroatoms. The van der Waals surface area contributed by atoms with Gasteiger partial charge in [0.2, 0.25) is 0 Å². The second-order valence-corrected chi connectivity index (χ2v) is 10.7. The van der Waals surface area contributed by atoms with Gasteiger partial charge in [0.15, 0.2) is 0 Å². The average molecular weight is 526 g/mol. The zero-order chi connectivity index (χ0) is 26.5. The maximum absolute atomic E-state index is 15.1. The predicted molar refractivity (Wildman–Crippen MR) is 150 cm³/mol. The lowest BCUT2D eigenvalue weighted by Gasteiger charge is -2.35. The molecule has 1 fully saturated rings. The lowest BCUT2D eigenvalue weighted by molar-refractivity contribution is 0.129. The summed E-state index contributed by atoms with van der Waals surface area (Å²) in [5.41, 5.74) is 6.67. The maximum Gasteiger partial charge on any atom is 0.320 e. The van der Waals surface area contributed by atoms with E-state index in [9.17, 15) is 4.79 Å². The van der Waals surface area contributed by atoms with Gasteiger partial charge in [0, 0.05) is 79.6 Å². The van der Waals surface area contributed by atoms with Gasteiger partial charge in [-0.05, 0) is 62.2 Å². The SMILES string of the molecule is CNCC1CCN(C(=O)N2CCn3cc(-c4c[nH]cc4-c4cnc5ccccn45)c4cc(F)cc(c43)C2)CC1. The van der Waals surface area contributed by atoms with Crippen molar-refractivity contribution in [1.29, 1.82) is 0 Å². The van der Waals surface area contributed by atoms with Gasteiger partial charge < -0.3 is 24.7 Å². The molecule has 0 saturated carbocycles. The fourth-order valence-corrected chi connectivity index (χ4v) is 6.43. The lowest BCUT2D eigenvalue weighted by atomic mass is 9.97. The summed E-state index contributed by atoms with van der Waals surface area (Å²) in [6.45, 7) is 4.19. The van der Waals surface area contributed by atoms with Crippen LogP contribution in [0.4, 0.5) is 9.18 Å². The predicted octanol–water partition coefficient (Wildman–Crippen LogP) is 4.96. The Hall–Kier alpha value is -4.11. The fourth-order valence-electron chi connectivity index (χ4n) is 6.43. The largest absolute Gasteiger partial charge is 0.366 e. The first kappa shape index (κ1) is 24.0. The molecule has 7 rings (SSSR count). The number of halogens is 1. The lowest BCUT2D eigenvalue weighted by Crippen LogP contribution is -2.47. The second-order valence-electron chi connectivity index (χ2n) is 10.7. The van der Waals surface area contributed by atoms with Crippen LogP contribution in [-0.4, -0.2) is 68.0 Å². The quantitative estimate of drug-likeness (QED) is 0.349. The topological polar surface area (TPSA) is 73.6 Å². The molecule has 2 amide bonds. The zero-order valence-corrected chi connectivity index (χ0v) is 22.0. The number of carbonyl (C=O) groups excluding carboxylic acids is 1. The van der Waals surface area contributed by atoms with Gasteiger partial charge in [-0.15, -0.1) is 0 Å². The van der Waals surface area contributed by atoms with Gasteiger partial charge in [-0.3, -0.25) is 4.40 Å². The molecule has 0 radical (unpaired) electrons. The van der Waals surface area contributed by atoms with Crippen LogP contribution in [0.1, 0.15) is 18.4 Å². The van der Waals surface area contributed by atoms with Crippen LogP contribution >= 0.6 is 0 Å². The Balaban J connectivity index is 1.23. The first-order valence-electron chi connectivity index (χ1n) is 13.7. The number of carbonyl (C=O) groups is 1. The third-order valence-corrected chi connectivity index (χ3v) is 8.36. The maximum atomic E-state index is 15.1. The number of hydrogen-bond acceptors (Lipinski definition) is 3. The number of nitrogens with zero attached hydrogens (tertiary/aromatic N) is 5. The zero-order valence-electron chi connectivity index (χ0n) is 22.0. The van der Waals surface area contributed by atoms with E-state index in [0.29, 0.717) is 25.6 Å². The summed E-state index contributed by atoms with van der Waals surface area (Å²) in [6, 6.07) is 9.22. The number of fused-ring (bicyclic) bond motifs is 1. The monoisotopic (exact) mass is 525 g/mol. The molecule has 39 heavy (non-hydrogen) atoms. The van der Waals surface area contributed by atoms with Gasteiger partial charge in [0.1, 0.15) is 11.5 Å². The summed E-state index contributed by atoms with van der Waals surface area (Å²) in [4.78, 5) is 25.2. The summed E-state index contributed by atoms with van der Waals surface area (Å²) in [6.07, 6.45) is 12.0. The summed E-state index contributed by atoms with van der Waals surface area (Å²) in [7, 11) is 1.98. The number of imidazole rings is 1. The van der Waals surface area contributed by atoms with Crippen LogP contribution in [0.25, 0.3) is 38.9 Å². The number of pyridine rings is 1. The van der Waals surface area contributed by atoms with Gasteiger partial charge in [0.25, 0.3) is 0 Å². The van der Waals surface area contributed by atoms with Crippen molar-refractivity contribution in [2.24, 2.45) is 5.92 Å². The number of benzene rings is 1. The third-order valence-electron chi connectivity index (χ3n) is 8.36. The van der Waals surface area contributed by atoms with Gasteiger partial charge in [-0.25, -0.2) is 14.2 Å². The summed E-state index contributed by atoms with van der Waals surface area (Å²) in [5.74, 6) is 0.328. The molecule has 0 spiro atoms. The Kier molecular flexibility index (Phi) is 5.88. The Bertz CT molecular complexity index is 1670. The molecule has 2 aliphatic heterocycles. The number of aromatic amines is 1. The van der Waals surface area contributed by atoms with E-state index in [1.165, 1.54) is 0 Å². The van der Waals surface area contributed by atoms with E-state index in [4.69, 9.17) is 0 Å². The number of likely N-dealkylation sites (tertiary alicyclic amines) is 1. The highest BCUT2D eigenvalue weighted by atomic mass is 19.1. The standard InChI is InChI=1S/C30H32FN7O/c1-32-14-20-5-8-35(9-6-20)30(39)37-11-10-36-19-26(23-13-22(31)12-21(18-37)29(23)36)24-15-33-16-25(24)27-17-34-28-4-2-3-7-38(27)28/h2-4,7,12-13,15-17,19-20,32-33H,5-6,8-11,14,18H2,1H3. The molecule has 2 aliphatic rings. The van der Waals surface area contributed by atoms with Gasteiger partial charge >= 0.3 is 6.03 Å². The van der Waals surface area contributed by atoms with E-state index < -0.39 is 0 Å². The Morgan fingerprint density at radius 1 is 1.08 bits per heavy atom. The van der Waals surface area contributed by atoms with Crippen LogP contribution in [0, 0.1) is 11.7 Å². The highest BCUT2D eigenvalue weighted by Gasteiger charge is 2.29. The van der Waals surface area contributed by atoms with Gasteiger partial charge in [-0.1, -0.05) is 6.07 Å². The van der Waals surface area contributed by atoms with Crippen molar-refractivity contribution >= 4 is 22.6 Å². The van der Waals surface area contributed by atoms with Gasteiger partial charge in [0.05, 0.1) is 17.4 Å². The van der Waals surface area contributed by atoms with Crippen LogP contribution in [-0.2, 0) is 13.1 Å². The first-order valence-corrected chi connectivity index (χ1v) is 13.7. The molecular formula is C30H32FN7O. The molecule has 200 valence electrons. The number of amides is 2. The van der Waals surface area contributed by atoms with E-state index in [2.05, 4.69) is 30.4 Å². The van der Waals surface area contributed by atoms with E-state index in [1.54, 1.807) is 12.1 Å². The fraction of sp³-hybridized carbons (Fsp3) is 0.333. The average Bonchev–Trinajstić information content (AvgIpc) is 3.65. The Morgan fingerprint density at radius 2 is 1.92 bits per heavy atom.